The first-order chi connectivity index (χ1) is 14.1. The van der Waals surface area contributed by atoms with Crippen LogP contribution in [-0.2, 0) is 16.1 Å². The molecule has 0 fully saturated rings. The summed E-state index contributed by atoms with van der Waals surface area (Å²) in [7, 11) is 0. The molecule has 146 valence electrons. The number of anilines is 2. The molecule has 0 unspecified atom stereocenters. The summed E-state index contributed by atoms with van der Waals surface area (Å²) in [5.41, 5.74) is 3.68. The van der Waals surface area contributed by atoms with Crippen LogP contribution >= 0.6 is 0 Å². The van der Waals surface area contributed by atoms with E-state index in [9.17, 15) is 9.59 Å². The third-order valence-electron chi connectivity index (χ3n) is 4.88. The van der Waals surface area contributed by atoms with Gasteiger partial charge in [-0.15, -0.1) is 0 Å². The van der Waals surface area contributed by atoms with Crippen LogP contribution in [0.2, 0.25) is 0 Å². The quantitative estimate of drug-likeness (QED) is 0.492. The van der Waals surface area contributed by atoms with Crippen molar-refractivity contribution in [1.29, 1.82) is 0 Å². The molecule has 0 atom stereocenters. The Balaban J connectivity index is 1.62. The topological polar surface area (TPSA) is 49.9 Å². The van der Waals surface area contributed by atoms with Crippen LogP contribution in [0.3, 0.4) is 0 Å². The maximum absolute atomic E-state index is 13.3. The number of fused-ring (bicyclic) bond motifs is 1. The van der Waals surface area contributed by atoms with E-state index >= 15 is 0 Å². The van der Waals surface area contributed by atoms with Crippen LogP contribution in [0.5, 0.6) is 5.75 Å². The van der Waals surface area contributed by atoms with Crippen molar-refractivity contribution in [2.75, 3.05) is 22.9 Å². The smallest absolute Gasteiger partial charge is 0.331 e. The molecule has 0 bridgehead atoms. The zero-order valence-corrected chi connectivity index (χ0v) is 16.2. The number of hydrogen-bond donors (Lipinski definition) is 0. The maximum Gasteiger partial charge on any atom is 0.331 e. The highest BCUT2D eigenvalue weighted by molar-refractivity contribution is 5.98. The normalized spacial score (nSPS) is 12.9. The van der Waals surface area contributed by atoms with Crippen LogP contribution in [-0.4, -0.2) is 25.0 Å². The van der Waals surface area contributed by atoms with Crippen molar-refractivity contribution in [3.05, 3.63) is 90.0 Å². The third kappa shape index (κ3) is 4.29. The van der Waals surface area contributed by atoms with Crippen molar-refractivity contribution in [3.8, 4) is 5.75 Å². The van der Waals surface area contributed by atoms with Gasteiger partial charge in [-0.2, -0.15) is 0 Å². The molecule has 0 spiro atoms. The summed E-state index contributed by atoms with van der Waals surface area (Å²) in [5.74, 6) is 0.0552. The first kappa shape index (κ1) is 18.7. The molecule has 5 heteroatoms. The van der Waals surface area contributed by atoms with Crippen molar-refractivity contribution in [2.24, 2.45) is 0 Å². The predicted octanol–water partition coefficient (Wildman–Crippen LogP) is 3.95. The van der Waals surface area contributed by atoms with Crippen molar-refractivity contribution in [3.63, 3.8) is 0 Å². The van der Waals surface area contributed by atoms with Gasteiger partial charge in [0, 0.05) is 5.69 Å². The first-order valence-corrected chi connectivity index (χ1v) is 9.56. The van der Waals surface area contributed by atoms with Crippen molar-refractivity contribution in [1.82, 2.24) is 0 Å². The minimum absolute atomic E-state index is 0.0517. The highest BCUT2D eigenvalue weighted by Crippen LogP contribution is 2.33. The number of nitrogens with zero attached hydrogens (tertiary/aromatic N) is 2. The van der Waals surface area contributed by atoms with Crippen LogP contribution < -0.4 is 14.5 Å². The van der Waals surface area contributed by atoms with Crippen molar-refractivity contribution < 1.29 is 14.3 Å². The molecule has 3 aromatic carbocycles. The Hall–Kier alpha value is -3.60. The van der Waals surface area contributed by atoms with Crippen LogP contribution in [0.1, 0.15) is 11.1 Å². The average molecular weight is 386 g/mol. The van der Waals surface area contributed by atoms with Gasteiger partial charge < -0.3 is 14.5 Å². The summed E-state index contributed by atoms with van der Waals surface area (Å²) in [5, 5.41) is 0. The average Bonchev–Trinajstić information content (AvgIpc) is 2.74. The van der Waals surface area contributed by atoms with E-state index in [1.807, 2.05) is 79.7 Å². The molecule has 29 heavy (non-hydrogen) atoms. The minimum Gasteiger partial charge on any atom is -0.423 e. The Morgan fingerprint density at radius 1 is 1.00 bits per heavy atom. The molecule has 0 aliphatic carbocycles. The van der Waals surface area contributed by atoms with E-state index in [-0.39, 0.29) is 25.0 Å². The summed E-state index contributed by atoms with van der Waals surface area (Å²) in [6, 6.07) is 25.1. The van der Waals surface area contributed by atoms with Crippen LogP contribution in [0, 0.1) is 6.92 Å². The molecule has 0 N–H and O–H groups in total. The summed E-state index contributed by atoms with van der Waals surface area (Å²) in [6.07, 6.45) is 0. The van der Waals surface area contributed by atoms with Gasteiger partial charge in [-0.25, -0.2) is 4.79 Å². The zero-order chi connectivity index (χ0) is 20.2. The number of rotatable bonds is 5. The second kappa shape index (κ2) is 8.19. The van der Waals surface area contributed by atoms with E-state index in [1.165, 1.54) is 0 Å². The SMILES string of the molecule is Cc1ccc2c(c1)N(CC(=O)N(Cc1ccccc1)c1ccccc1)CC(=O)O2. The van der Waals surface area contributed by atoms with Crippen LogP contribution in [0.4, 0.5) is 11.4 Å². The number of aryl methyl sites for hydroxylation is 1. The van der Waals surface area contributed by atoms with Gasteiger partial charge in [0.05, 0.1) is 18.8 Å². The molecule has 4 rings (SSSR count). The molecule has 1 heterocycles. The van der Waals surface area contributed by atoms with E-state index in [2.05, 4.69) is 0 Å². The molecule has 1 amide bonds. The van der Waals surface area contributed by atoms with Crippen LogP contribution in [0.15, 0.2) is 78.9 Å². The molecule has 0 saturated carbocycles. The van der Waals surface area contributed by atoms with E-state index in [0.29, 0.717) is 12.3 Å². The summed E-state index contributed by atoms with van der Waals surface area (Å²) in [6.45, 7) is 2.58. The highest BCUT2D eigenvalue weighted by Gasteiger charge is 2.28. The summed E-state index contributed by atoms with van der Waals surface area (Å²) in [4.78, 5) is 28.9. The number of hydrogen-bond acceptors (Lipinski definition) is 4. The Morgan fingerprint density at radius 2 is 1.69 bits per heavy atom. The van der Waals surface area contributed by atoms with Gasteiger partial charge in [0.15, 0.2) is 5.75 Å². The number of para-hydroxylation sites is 1. The lowest BCUT2D eigenvalue weighted by molar-refractivity contribution is -0.133. The van der Waals surface area contributed by atoms with E-state index < -0.39 is 0 Å². The highest BCUT2D eigenvalue weighted by atomic mass is 16.5. The lowest BCUT2D eigenvalue weighted by Gasteiger charge is -2.32. The van der Waals surface area contributed by atoms with E-state index in [1.54, 1.807) is 15.9 Å². The minimum atomic E-state index is -0.358. The largest absolute Gasteiger partial charge is 0.423 e. The van der Waals surface area contributed by atoms with Gasteiger partial charge in [0.25, 0.3) is 0 Å². The fourth-order valence-electron chi connectivity index (χ4n) is 3.44. The Labute approximate surface area is 170 Å². The predicted molar refractivity (Wildman–Crippen MR) is 113 cm³/mol. The molecule has 0 saturated heterocycles. The monoisotopic (exact) mass is 386 g/mol. The Morgan fingerprint density at radius 3 is 2.41 bits per heavy atom. The van der Waals surface area contributed by atoms with Gasteiger partial charge in [0.1, 0.15) is 6.54 Å². The van der Waals surface area contributed by atoms with Gasteiger partial charge in [-0.1, -0.05) is 54.6 Å². The van der Waals surface area contributed by atoms with Crippen molar-refractivity contribution in [2.45, 2.75) is 13.5 Å². The molecule has 5 nitrogen and oxygen atoms in total. The molecular formula is C24H22N2O3. The summed E-state index contributed by atoms with van der Waals surface area (Å²) < 4.78 is 5.33. The Bertz CT molecular complexity index is 1020. The number of benzene rings is 3. The van der Waals surface area contributed by atoms with Gasteiger partial charge in [0.2, 0.25) is 5.91 Å². The fourth-order valence-corrected chi connectivity index (χ4v) is 3.44. The second-order valence-corrected chi connectivity index (χ2v) is 7.10. The molecule has 1 aliphatic rings. The summed E-state index contributed by atoms with van der Waals surface area (Å²) >= 11 is 0. The van der Waals surface area contributed by atoms with Gasteiger partial charge >= 0.3 is 5.97 Å². The first-order valence-electron chi connectivity index (χ1n) is 9.56. The molecule has 3 aromatic rings. The molecule has 0 aromatic heterocycles. The Kier molecular flexibility index (Phi) is 5.29. The molecule has 0 radical (unpaired) electrons. The molecular weight excluding hydrogens is 364 g/mol. The van der Waals surface area contributed by atoms with Gasteiger partial charge in [-0.05, 0) is 42.3 Å². The fraction of sp³-hybridized carbons (Fsp3) is 0.167. The number of esters is 1. The molecule has 1 aliphatic heterocycles. The van der Waals surface area contributed by atoms with Crippen LogP contribution in [0.25, 0.3) is 0 Å². The maximum atomic E-state index is 13.3. The number of carbonyl (C=O) groups excluding carboxylic acids is 2. The van der Waals surface area contributed by atoms with E-state index in [4.69, 9.17) is 4.74 Å². The number of carbonyl (C=O) groups is 2. The third-order valence-corrected chi connectivity index (χ3v) is 4.88. The zero-order valence-electron chi connectivity index (χ0n) is 16.2. The second-order valence-electron chi connectivity index (χ2n) is 7.10. The van der Waals surface area contributed by atoms with E-state index in [0.717, 1.165) is 22.5 Å². The standard InChI is InChI=1S/C24H22N2O3/c1-18-12-13-22-21(14-18)25(17-24(28)29-22)16-23(27)26(20-10-6-3-7-11-20)15-19-8-4-2-5-9-19/h2-14H,15-17H2,1H3. The number of ether oxygens (including phenoxy) is 1. The number of amides is 1. The lowest BCUT2D eigenvalue weighted by atomic mass is 10.1. The van der Waals surface area contributed by atoms with Crippen molar-refractivity contribution >= 4 is 23.3 Å². The van der Waals surface area contributed by atoms with Gasteiger partial charge in [-0.3, -0.25) is 4.79 Å². The lowest BCUT2D eigenvalue weighted by Crippen LogP contribution is -2.45.